The van der Waals surface area contributed by atoms with Crippen LogP contribution in [-0.4, -0.2) is 13.1 Å². The monoisotopic (exact) mass is 428 g/mol. The van der Waals surface area contributed by atoms with Gasteiger partial charge < -0.3 is 9.64 Å². The van der Waals surface area contributed by atoms with Gasteiger partial charge in [0.2, 0.25) is 0 Å². The van der Waals surface area contributed by atoms with Crippen molar-refractivity contribution in [1.29, 1.82) is 5.26 Å². The fourth-order valence-electron chi connectivity index (χ4n) is 4.93. The summed E-state index contributed by atoms with van der Waals surface area (Å²) in [6, 6.07) is 7.03. The molecule has 3 heteroatoms. The average molecular weight is 429 g/mol. The summed E-state index contributed by atoms with van der Waals surface area (Å²) in [5.74, 6) is 1.94. The predicted molar refractivity (Wildman–Crippen MR) is 133 cm³/mol. The van der Waals surface area contributed by atoms with Gasteiger partial charge in [-0.15, -0.1) is 0 Å². The van der Waals surface area contributed by atoms with E-state index >= 15 is 0 Å². The van der Waals surface area contributed by atoms with Crippen LogP contribution in [-0.2, 0) is 15.6 Å². The van der Waals surface area contributed by atoms with Gasteiger partial charge in [0.25, 0.3) is 0 Å². The van der Waals surface area contributed by atoms with Crippen LogP contribution in [0.25, 0.3) is 6.08 Å². The summed E-state index contributed by atoms with van der Waals surface area (Å²) in [5, 5.41) is 9.37. The molecule has 168 valence electrons. The molecular weight excluding hydrogens is 392 g/mol. The molecule has 0 aliphatic carbocycles. The molecule has 0 amide bonds. The van der Waals surface area contributed by atoms with E-state index in [0.29, 0.717) is 5.57 Å². The number of nitriles is 1. The molecule has 0 bridgehead atoms. The van der Waals surface area contributed by atoms with Gasteiger partial charge in [-0.05, 0) is 83.2 Å². The molecule has 1 aromatic rings. The van der Waals surface area contributed by atoms with Gasteiger partial charge in [0.1, 0.15) is 11.5 Å². The molecule has 0 spiro atoms. The van der Waals surface area contributed by atoms with Gasteiger partial charge >= 0.3 is 0 Å². The van der Waals surface area contributed by atoms with E-state index in [1.54, 1.807) is 0 Å². The maximum atomic E-state index is 9.37. The molecule has 0 fully saturated rings. The first-order valence-electron chi connectivity index (χ1n) is 11.9. The number of hydrogen-bond donors (Lipinski definition) is 0. The second kappa shape index (κ2) is 8.00. The topological polar surface area (TPSA) is 36.3 Å². The van der Waals surface area contributed by atoms with Crippen molar-refractivity contribution in [2.75, 3.05) is 18.0 Å². The fourth-order valence-corrected chi connectivity index (χ4v) is 4.93. The van der Waals surface area contributed by atoms with E-state index in [0.717, 1.165) is 30.2 Å². The Labute approximate surface area is 193 Å². The molecule has 3 nitrogen and oxygen atoms in total. The number of benzene rings is 1. The van der Waals surface area contributed by atoms with Gasteiger partial charge in [0.15, 0.2) is 0 Å². The van der Waals surface area contributed by atoms with E-state index in [-0.39, 0.29) is 16.7 Å². The van der Waals surface area contributed by atoms with Crippen LogP contribution in [0.4, 0.5) is 5.69 Å². The molecule has 0 atom stereocenters. The lowest BCUT2D eigenvalue weighted by molar-refractivity contribution is 0.275. The number of anilines is 1. The Balaban J connectivity index is 1.76. The zero-order chi connectivity index (χ0) is 23.3. The molecule has 0 aromatic heterocycles. The fraction of sp³-hybridized carbons (Fsp3) is 0.483. The van der Waals surface area contributed by atoms with Crippen molar-refractivity contribution in [3.05, 3.63) is 69.7 Å². The van der Waals surface area contributed by atoms with Crippen LogP contribution in [0.1, 0.15) is 78.0 Å². The van der Waals surface area contributed by atoms with Crippen LogP contribution in [0.2, 0.25) is 0 Å². The molecule has 1 aromatic carbocycles. The third-order valence-electron chi connectivity index (χ3n) is 7.36. The van der Waals surface area contributed by atoms with Crippen LogP contribution in [0, 0.1) is 17.2 Å². The van der Waals surface area contributed by atoms with E-state index in [1.807, 2.05) is 19.1 Å². The Morgan fingerprint density at radius 1 is 1.03 bits per heavy atom. The molecule has 3 aliphatic rings. The smallest absolute Gasteiger partial charge is 0.127 e. The third-order valence-corrected chi connectivity index (χ3v) is 7.36. The Bertz CT molecular complexity index is 1060. The molecule has 0 radical (unpaired) electrons. The molecule has 0 unspecified atom stereocenters. The number of allylic oxidation sites excluding steroid dienone is 6. The second-order valence-corrected chi connectivity index (χ2v) is 11.1. The van der Waals surface area contributed by atoms with Gasteiger partial charge in [-0.3, -0.25) is 0 Å². The highest BCUT2D eigenvalue weighted by molar-refractivity contribution is 5.72. The van der Waals surface area contributed by atoms with Crippen LogP contribution >= 0.6 is 0 Å². The molecular formula is C29H36N2O. The summed E-state index contributed by atoms with van der Waals surface area (Å²) in [6.45, 7) is 17.9. The van der Waals surface area contributed by atoms with E-state index in [9.17, 15) is 5.26 Å². The molecule has 4 rings (SSSR count). The summed E-state index contributed by atoms with van der Waals surface area (Å²) < 4.78 is 6.16. The first kappa shape index (κ1) is 22.5. The van der Waals surface area contributed by atoms with Crippen molar-refractivity contribution in [3.63, 3.8) is 0 Å². The molecule has 0 saturated heterocycles. The van der Waals surface area contributed by atoms with Gasteiger partial charge in [-0.2, -0.15) is 5.26 Å². The van der Waals surface area contributed by atoms with Crippen molar-refractivity contribution in [2.24, 2.45) is 5.92 Å². The maximum absolute atomic E-state index is 9.37. The summed E-state index contributed by atoms with van der Waals surface area (Å²) in [6.07, 6.45) is 10.6. The molecule has 0 N–H and O–H groups in total. The minimum atomic E-state index is 0.172. The summed E-state index contributed by atoms with van der Waals surface area (Å²) in [7, 11) is 0. The maximum Gasteiger partial charge on any atom is 0.127 e. The third kappa shape index (κ3) is 4.04. The van der Waals surface area contributed by atoms with Gasteiger partial charge in [-0.1, -0.05) is 47.6 Å². The lowest BCUT2D eigenvalue weighted by atomic mass is 9.69. The number of nitrogens with zero attached hydrogens (tertiary/aromatic N) is 2. The summed E-state index contributed by atoms with van der Waals surface area (Å²) in [4.78, 5) is 2.60. The standard InChI is InChI=1S/C29H36N2O/c1-19(2)26-17-22(20(3)18-30)16-23(32-26)9-8-21-14-24-27-25(15-21)29(6,7)11-13-31(27)12-10-28(24,4)5/h8-9,14-17,19H,10-13H2,1-7H3. The van der Waals surface area contributed by atoms with Crippen LogP contribution in [0.3, 0.4) is 0 Å². The summed E-state index contributed by atoms with van der Waals surface area (Å²) >= 11 is 0. The Kier molecular flexibility index (Phi) is 5.61. The number of rotatable bonds is 3. The zero-order valence-electron chi connectivity index (χ0n) is 20.7. The normalized spacial score (nSPS) is 22.7. The quantitative estimate of drug-likeness (QED) is 0.479. The second-order valence-electron chi connectivity index (χ2n) is 11.1. The number of ether oxygens (including phenoxy) is 1. The van der Waals surface area contributed by atoms with Gasteiger partial charge in [0, 0.05) is 30.3 Å². The Hall–Kier alpha value is -2.73. The lowest BCUT2D eigenvalue weighted by Crippen LogP contribution is -2.44. The van der Waals surface area contributed by atoms with Crippen molar-refractivity contribution in [1.82, 2.24) is 0 Å². The zero-order valence-corrected chi connectivity index (χ0v) is 20.7. The van der Waals surface area contributed by atoms with E-state index in [2.05, 4.69) is 76.8 Å². The largest absolute Gasteiger partial charge is 0.461 e. The average Bonchev–Trinajstić information content (AvgIpc) is 2.75. The van der Waals surface area contributed by atoms with E-state index in [4.69, 9.17) is 4.74 Å². The molecule has 32 heavy (non-hydrogen) atoms. The summed E-state index contributed by atoms with van der Waals surface area (Å²) in [5.41, 5.74) is 7.61. The number of hydrogen-bond acceptors (Lipinski definition) is 3. The predicted octanol–water partition coefficient (Wildman–Crippen LogP) is 7.16. The van der Waals surface area contributed by atoms with Gasteiger partial charge in [0.05, 0.1) is 6.07 Å². The Morgan fingerprint density at radius 3 is 2.16 bits per heavy atom. The van der Waals surface area contributed by atoms with E-state index in [1.165, 1.54) is 35.2 Å². The van der Waals surface area contributed by atoms with Crippen molar-refractivity contribution < 1.29 is 4.74 Å². The van der Waals surface area contributed by atoms with Crippen LogP contribution < -0.4 is 4.90 Å². The first-order chi connectivity index (χ1) is 15.0. The lowest BCUT2D eigenvalue weighted by Gasteiger charge is -2.48. The van der Waals surface area contributed by atoms with Crippen molar-refractivity contribution in [3.8, 4) is 6.07 Å². The molecule has 3 heterocycles. The minimum absolute atomic E-state index is 0.172. The SMILES string of the molecule is CC(C#N)=C1C=C(C=Cc2cc3c4c(c2)C(C)(C)CCN4CCC3(C)C)OC(C(C)C)=C1. The van der Waals surface area contributed by atoms with Crippen LogP contribution in [0.15, 0.2) is 53.0 Å². The van der Waals surface area contributed by atoms with Crippen molar-refractivity contribution >= 4 is 11.8 Å². The molecule has 3 aliphatic heterocycles. The first-order valence-corrected chi connectivity index (χ1v) is 11.9. The highest BCUT2D eigenvalue weighted by atomic mass is 16.5. The highest BCUT2D eigenvalue weighted by Gasteiger charge is 2.39. The molecule has 0 saturated carbocycles. The van der Waals surface area contributed by atoms with Crippen LogP contribution in [0.5, 0.6) is 0 Å². The van der Waals surface area contributed by atoms with Gasteiger partial charge in [-0.25, -0.2) is 0 Å². The minimum Gasteiger partial charge on any atom is -0.461 e. The Morgan fingerprint density at radius 2 is 1.62 bits per heavy atom. The highest BCUT2D eigenvalue weighted by Crippen LogP contribution is 2.49. The van der Waals surface area contributed by atoms with Crippen molar-refractivity contribution in [2.45, 2.75) is 72.1 Å². The van der Waals surface area contributed by atoms with E-state index < -0.39 is 0 Å².